The molecule has 7 heteroatoms. The van der Waals surface area contributed by atoms with E-state index >= 15 is 0 Å². The Morgan fingerprint density at radius 1 is 1.48 bits per heavy atom. The molecule has 2 heterocycles. The number of nitrogens with two attached hydrogens (primary N) is 1. The number of nitrogens with one attached hydrogen (secondary N) is 2. The first-order valence-electron chi connectivity index (χ1n) is 6.86. The Hall–Kier alpha value is -2.15. The van der Waals surface area contributed by atoms with Gasteiger partial charge in [0.2, 0.25) is 0 Å². The van der Waals surface area contributed by atoms with Gasteiger partial charge in [-0.2, -0.15) is 4.37 Å². The van der Waals surface area contributed by atoms with Crippen LogP contribution >= 0.6 is 11.5 Å². The lowest BCUT2D eigenvalue weighted by atomic mass is 10.2. The van der Waals surface area contributed by atoms with Crippen molar-refractivity contribution >= 4 is 28.3 Å². The van der Waals surface area contributed by atoms with Crippen LogP contribution in [-0.4, -0.2) is 21.3 Å². The zero-order valence-electron chi connectivity index (χ0n) is 11.7. The van der Waals surface area contributed by atoms with Gasteiger partial charge >= 0.3 is 0 Å². The van der Waals surface area contributed by atoms with Crippen molar-refractivity contribution in [1.29, 1.82) is 0 Å². The fourth-order valence-electron chi connectivity index (χ4n) is 2.00. The van der Waals surface area contributed by atoms with Crippen LogP contribution in [0, 0.1) is 6.92 Å². The minimum atomic E-state index is -0.150. The van der Waals surface area contributed by atoms with Crippen LogP contribution < -0.4 is 16.4 Å². The zero-order valence-corrected chi connectivity index (χ0v) is 12.5. The van der Waals surface area contributed by atoms with Crippen LogP contribution in [0.2, 0.25) is 0 Å². The molecule has 0 unspecified atom stereocenters. The molecule has 1 aliphatic carbocycles. The number of hydrogen-bond acceptors (Lipinski definition) is 6. The van der Waals surface area contributed by atoms with Crippen LogP contribution in [0.5, 0.6) is 0 Å². The van der Waals surface area contributed by atoms with Gasteiger partial charge in [-0.15, -0.1) is 0 Å². The number of nitrogens with zero attached hydrogens (tertiary/aromatic N) is 2. The Labute approximate surface area is 126 Å². The smallest absolute Gasteiger partial charge is 0.258 e. The van der Waals surface area contributed by atoms with Crippen molar-refractivity contribution in [1.82, 2.24) is 14.7 Å². The molecule has 4 N–H and O–H groups in total. The van der Waals surface area contributed by atoms with Crippen molar-refractivity contribution in [3.8, 4) is 0 Å². The van der Waals surface area contributed by atoms with E-state index in [1.807, 2.05) is 25.1 Å². The lowest BCUT2D eigenvalue weighted by Crippen LogP contribution is -2.26. The van der Waals surface area contributed by atoms with Crippen molar-refractivity contribution in [2.75, 3.05) is 11.1 Å². The van der Waals surface area contributed by atoms with Gasteiger partial charge in [0.15, 0.2) is 5.82 Å². The summed E-state index contributed by atoms with van der Waals surface area (Å²) in [5.41, 5.74) is 8.13. The standard InChI is InChI=1S/C14H17N5OS/c1-8-3-2-4-10(17-8)7-16-14-11(12(15)19-21-14)13(20)18-9-5-6-9/h2-4,9,16H,5-7H2,1H3,(H2,15,19)(H,18,20). The van der Waals surface area contributed by atoms with Gasteiger partial charge in [0.05, 0.1) is 12.2 Å². The summed E-state index contributed by atoms with van der Waals surface area (Å²) in [7, 11) is 0. The fourth-order valence-corrected chi connectivity index (χ4v) is 2.70. The Morgan fingerprint density at radius 2 is 2.29 bits per heavy atom. The van der Waals surface area contributed by atoms with Gasteiger partial charge in [-0.25, -0.2) is 0 Å². The van der Waals surface area contributed by atoms with E-state index in [-0.39, 0.29) is 11.7 Å². The summed E-state index contributed by atoms with van der Waals surface area (Å²) in [6.45, 7) is 2.48. The average Bonchev–Trinajstić information content (AvgIpc) is 3.18. The molecule has 6 nitrogen and oxygen atoms in total. The van der Waals surface area contributed by atoms with Crippen LogP contribution in [0.25, 0.3) is 0 Å². The molecule has 1 amide bonds. The summed E-state index contributed by atoms with van der Waals surface area (Å²) in [5.74, 6) is 0.126. The Balaban J connectivity index is 1.71. The first-order valence-corrected chi connectivity index (χ1v) is 7.63. The van der Waals surface area contributed by atoms with Crippen molar-refractivity contribution in [2.24, 2.45) is 0 Å². The second-order valence-electron chi connectivity index (χ2n) is 5.14. The van der Waals surface area contributed by atoms with Crippen molar-refractivity contribution < 1.29 is 4.79 Å². The third-order valence-electron chi connectivity index (χ3n) is 3.23. The second kappa shape index (κ2) is 5.69. The summed E-state index contributed by atoms with van der Waals surface area (Å²) in [4.78, 5) is 16.6. The highest BCUT2D eigenvalue weighted by molar-refractivity contribution is 7.11. The first-order chi connectivity index (χ1) is 10.1. The first kappa shape index (κ1) is 13.8. The number of carbonyl (C=O) groups excluding carboxylic acids is 1. The van der Waals surface area contributed by atoms with Gasteiger partial charge in [0.1, 0.15) is 10.6 Å². The van der Waals surface area contributed by atoms with Crippen LogP contribution in [0.1, 0.15) is 34.6 Å². The van der Waals surface area contributed by atoms with Crippen LogP contribution in [-0.2, 0) is 6.54 Å². The largest absolute Gasteiger partial charge is 0.382 e. The van der Waals surface area contributed by atoms with Crippen LogP contribution in [0.4, 0.5) is 10.8 Å². The molecule has 0 aromatic carbocycles. The third-order valence-corrected chi connectivity index (χ3v) is 4.05. The molecule has 1 fully saturated rings. The second-order valence-corrected chi connectivity index (χ2v) is 5.92. The number of pyridine rings is 1. The topological polar surface area (TPSA) is 92.9 Å². The summed E-state index contributed by atoms with van der Waals surface area (Å²) in [6.07, 6.45) is 2.08. The lowest BCUT2D eigenvalue weighted by molar-refractivity contribution is 0.0953. The number of nitrogen functional groups attached to an aromatic ring is 1. The number of anilines is 2. The molecule has 0 atom stereocenters. The van der Waals surface area contributed by atoms with Crippen molar-refractivity contribution in [3.63, 3.8) is 0 Å². The highest BCUT2D eigenvalue weighted by Crippen LogP contribution is 2.28. The molecule has 0 bridgehead atoms. The predicted molar refractivity (Wildman–Crippen MR) is 83.3 cm³/mol. The molecule has 1 aliphatic rings. The monoisotopic (exact) mass is 303 g/mol. The number of hydrogen-bond donors (Lipinski definition) is 3. The SMILES string of the molecule is Cc1cccc(CNc2snc(N)c2C(=O)NC2CC2)n1. The molecular formula is C14H17N5OS. The molecule has 1 saturated carbocycles. The zero-order chi connectivity index (χ0) is 14.8. The minimum Gasteiger partial charge on any atom is -0.382 e. The number of aromatic nitrogens is 2. The van der Waals surface area contributed by atoms with Gasteiger partial charge in [-0.3, -0.25) is 9.78 Å². The summed E-state index contributed by atoms with van der Waals surface area (Å²) >= 11 is 1.20. The predicted octanol–water partition coefficient (Wildman–Crippen LogP) is 1.93. The third kappa shape index (κ3) is 3.30. The fraction of sp³-hybridized carbons (Fsp3) is 0.357. The maximum atomic E-state index is 12.2. The normalized spacial score (nSPS) is 14.0. The minimum absolute atomic E-state index is 0.150. The lowest BCUT2D eigenvalue weighted by Gasteiger charge is -2.07. The number of rotatable bonds is 5. The molecule has 21 heavy (non-hydrogen) atoms. The van der Waals surface area contributed by atoms with E-state index in [0.29, 0.717) is 23.2 Å². The van der Waals surface area contributed by atoms with Gasteiger partial charge in [-0.05, 0) is 43.4 Å². The van der Waals surface area contributed by atoms with Gasteiger partial charge < -0.3 is 16.4 Å². The Bertz CT molecular complexity index is 665. The maximum absolute atomic E-state index is 12.2. The molecular weight excluding hydrogens is 286 g/mol. The van der Waals surface area contributed by atoms with E-state index < -0.39 is 0 Å². The van der Waals surface area contributed by atoms with Crippen molar-refractivity contribution in [3.05, 3.63) is 35.2 Å². The Morgan fingerprint density at radius 3 is 3.00 bits per heavy atom. The maximum Gasteiger partial charge on any atom is 0.258 e. The molecule has 3 rings (SSSR count). The average molecular weight is 303 g/mol. The molecule has 2 aromatic rings. The van der Waals surface area contributed by atoms with E-state index in [1.165, 1.54) is 11.5 Å². The molecule has 0 aliphatic heterocycles. The Kier molecular flexibility index (Phi) is 3.74. The quantitative estimate of drug-likeness (QED) is 0.785. The summed E-state index contributed by atoms with van der Waals surface area (Å²) < 4.78 is 4.07. The van der Waals surface area contributed by atoms with E-state index in [2.05, 4.69) is 20.0 Å². The molecule has 0 spiro atoms. The van der Waals surface area contributed by atoms with Crippen molar-refractivity contribution in [2.45, 2.75) is 32.4 Å². The van der Waals surface area contributed by atoms with E-state index in [9.17, 15) is 4.79 Å². The number of carbonyl (C=O) groups is 1. The van der Waals surface area contributed by atoms with E-state index in [1.54, 1.807) is 0 Å². The number of aryl methyl sites for hydroxylation is 1. The molecule has 0 saturated heterocycles. The molecule has 0 radical (unpaired) electrons. The summed E-state index contributed by atoms with van der Waals surface area (Å²) in [5, 5.41) is 6.83. The number of amides is 1. The highest BCUT2D eigenvalue weighted by Gasteiger charge is 2.27. The summed E-state index contributed by atoms with van der Waals surface area (Å²) in [6, 6.07) is 6.14. The van der Waals surface area contributed by atoms with Gasteiger partial charge in [0, 0.05) is 11.7 Å². The van der Waals surface area contributed by atoms with E-state index in [0.717, 1.165) is 24.2 Å². The van der Waals surface area contributed by atoms with Crippen LogP contribution in [0.15, 0.2) is 18.2 Å². The van der Waals surface area contributed by atoms with Gasteiger partial charge in [-0.1, -0.05) is 6.07 Å². The van der Waals surface area contributed by atoms with E-state index in [4.69, 9.17) is 5.73 Å². The molecule has 110 valence electrons. The highest BCUT2D eigenvalue weighted by atomic mass is 32.1. The molecule has 2 aromatic heterocycles. The van der Waals surface area contributed by atoms with Crippen LogP contribution in [0.3, 0.4) is 0 Å². The van der Waals surface area contributed by atoms with Gasteiger partial charge in [0.25, 0.3) is 5.91 Å².